The van der Waals surface area contributed by atoms with Crippen molar-refractivity contribution in [2.75, 3.05) is 12.8 Å². The van der Waals surface area contributed by atoms with Crippen molar-refractivity contribution in [3.8, 4) is 0 Å². The van der Waals surface area contributed by atoms with Gasteiger partial charge in [-0.05, 0) is 6.92 Å². The molecule has 0 saturated carbocycles. The first-order chi connectivity index (χ1) is 8.52. The quantitative estimate of drug-likeness (QED) is 0.781. The number of esters is 1. The number of carbonyl (C=O) groups excluding carboxylic acids is 1. The molecule has 2 heterocycles. The maximum atomic E-state index is 11.4. The van der Waals surface area contributed by atoms with Crippen LogP contribution in [-0.2, 0) is 11.3 Å². The Labute approximate surface area is 103 Å². The summed E-state index contributed by atoms with van der Waals surface area (Å²) in [6, 6.07) is 0. The van der Waals surface area contributed by atoms with Gasteiger partial charge < -0.3 is 19.6 Å². The summed E-state index contributed by atoms with van der Waals surface area (Å²) in [4.78, 5) is 19.6. The van der Waals surface area contributed by atoms with Crippen LogP contribution in [0.15, 0.2) is 4.52 Å². The zero-order valence-electron chi connectivity index (χ0n) is 10.3. The highest BCUT2D eigenvalue weighted by molar-refractivity contribution is 5.92. The number of imidazole rings is 1. The van der Waals surface area contributed by atoms with Gasteiger partial charge in [-0.3, -0.25) is 0 Å². The average Bonchev–Trinajstić information content (AvgIpc) is 2.87. The fourth-order valence-corrected chi connectivity index (χ4v) is 1.58. The number of methoxy groups -OCH3 is 1. The van der Waals surface area contributed by atoms with Gasteiger partial charge in [0.25, 0.3) is 0 Å². The summed E-state index contributed by atoms with van der Waals surface area (Å²) in [6.45, 7) is 3.72. The first-order valence-corrected chi connectivity index (χ1v) is 5.23. The predicted molar refractivity (Wildman–Crippen MR) is 60.9 cm³/mol. The van der Waals surface area contributed by atoms with Gasteiger partial charge in [0, 0.05) is 6.92 Å². The van der Waals surface area contributed by atoms with Crippen molar-refractivity contribution in [2.24, 2.45) is 0 Å². The topological polar surface area (TPSA) is 109 Å². The number of ether oxygens (including phenoxy) is 1. The molecule has 2 aromatic rings. The monoisotopic (exact) mass is 251 g/mol. The van der Waals surface area contributed by atoms with Crippen LogP contribution in [0, 0.1) is 13.8 Å². The Balaban J connectivity index is 2.34. The van der Waals surface area contributed by atoms with Gasteiger partial charge in [-0.1, -0.05) is 5.16 Å². The highest BCUT2D eigenvalue weighted by Crippen LogP contribution is 2.16. The minimum Gasteiger partial charge on any atom is -0.464 e. The van der Waals surface area contributed by atoms with Crippen molar-refractivity contribution in [3.05, 3.63) is 23.2 Å². The summed E-state index contributed by atoms with van der Waals surface area (Å²) in [5.74, 6) is 1.17. The zero-order valence-corrected chi connectivity index (χ0v) is 10.3. The molecular weight excluding hydrogens is 238 g/mol. The van der Waals surface area contributed by atoms with Crippen molar-refractivity contribution >= 4 is 11.8 Å². The standard InChI is InChI=1S/C10H13N5O3/c1-5-12-8(10(16)17-3)9(11)15(5)4-7-13-6(2)18-14-7/h4,11H2,1-3H3. The van der Waals surface area contributed by atoms with Crippen LogP contribution >= 0.6 is 0 Å². The van der Waals surface area contributed by atoms with Crippen LogP contribution in [0.25, 0.3) is 0 Å². The van der Waals surface area contributed by atoms with Gasteiger partial charge in [0.2, 0.25) is 5.89 Å². The van der Waals surface area contributed by atoms with E-state index < -0.39 is 5.97 Å². The zero-order chi connectivity index (χ0) is 13.3. The fourth-order valence-electron chi connectivity index (χ4n) is 1.58. The number of hydrogen-bond donors (Lipinski definition) is 1. The Bertz CT molecular complexity index is 586. The molecule has 2 rings (SSSR count). The summed E-state index contributed by atoms with van der Waals surface area (Å²) < 4.78 is 11.1. The van der Waals surface area contributed by atoms with Crippen molar-refractivity contribution in [1.82, 2.24) is 19.7 Å². The number of nitrogens with zero attached hydrogens (tertiary/aromatic N) is 4. The molecule has 0 aliphatic heterocycles. The number of nitrogens with two attached hydrogens (primary N) is 1. The Morgan fingerprint density at radius 2 is 2.17 bits per heavy atom. The van der Waals surface area contributed by atoms with Crippen LogP contribution in [0.5, 0.6) is 0 Å². The lowest BCUT2D eigenvalue weighted by Crippen LogP contribution is -2.10. The van der Waals surface area contributed by atoms with E-state index in [1.807, 2.05) is 0 Å². The van der Waals surface area contributed by atoms with Crippen molar-refractivity contribution < 1.29 is 14.1 Å². The van der Waals surface area contributed by atoms with Gasteiger partial charge >= 0.3 is 5.97 Å². The second-order valence-electron chi connectivity index (χ2n) is 3.70. The van der Waals surface area contributed by atoms with Gasteiger partial charge in [0.1, 0.15) is 11.6 Å². The minimum atomic E-state index is -0.571. The molecule has 2 aromatic heterocycles. The Hall–Kier alpha value is -2.38. The molecule has 0 spiro atoms. The third kappa shape index (κ3) is 2.04. The van der Waals surface area contributed by atoms with E-state index >= 15 is 0 Å². The molecule has 0 radical (unpaired) electrons. The van der Waals surface area contributed by atoms with Gasteiger partial charge in [-0.2, -0.15) is 4.98 Å². The molecule has 0 aliphatic rings. The normalized spacial score (nSPS) is 10.6. The first kappa shape index (κ1) is 12.1. The van der Waals surface area contributed by atoms with E-state index in [-0.39, 0.29) is 11.5 Å². The number of rotatable bonds is 3. The molecule has 0 atom stereocenters. The Morgan fingerprint density at radius 1 is 1.44 bits per heavy atom. The summed E-state index contributed by atoms with van der Waals surface area (Å²) >= 11 is 0. The molecule has 0 unspecified atom stereocenters. The van der Waals surface area contributed by atoms with E-state index in [0.29, 0.717) is 24.1 Å². The summed E-state index contributed by atoms with van der Waals surface area (Å²) in [5, 5.41) is 3.76. The fraction of sp³-hybridized carbons (Fsp3) is 0.400. The SMILES string of the molecule is COC(=O)c1nc(C)n(Cc2noc(C)n2)c1N. The third-order valence-electron chi connectivity index (χ3n) is 2.45. The van der Waals surface area contributed by atoms with Crippen molar-refractivity contribution in [1.29, 1.82) is 0 Å². The lowest BCUT2D eigenvalue weighted by Gasteiger charge is -2.03. The van der Waals surface area contributed by atoms with E-state index in [2.05, 4.69) is 19.9 Å². The number of aryl methyl sites for hydroxylation is 2. The van der Waals surface area contributed by atoms with Crippen LogP contribution in [0.2, 0.25) is 0 Å². The number of aromatic nitrogens is 4. The molecule has 0 aliphatic carbocycles. The van der Waals surface area contributed by atoms with E-state index in [4.69, 9.17) is 10.3 Å². The molecule has 0 amide bonds. The molecule has 96 valence electrons. The lowest BCUT2D eigenvalue weighted by atomic mass is 10.4. The molecule has 2 N–H and O–H groups in total. The summed E-state index contributed by atoms with van der Waals surface area (Å²) in [6.07, 6.45) is 0. The number of carbonyl (C=O) groups is 1. The van der Waals surface area contributed by atoms with Crippen LogP contribution < -0.4 is 5.73 Å². The summed E-state index contributed by atoms with van der Waals surface area (Å²) in [7, 11) is 1.28. The predicted octanol–water partition coefficient (Wildman–Crippen LogP) is 0.300. The minimum absolute atomic E-state index is 0.0928. The number of anilines is 1. The smallest absolute Gasteiger partial charge is 0.360 e. The molecule has 8 heteroatoms. The van der Waals surface area contributed by atoms with Crippen molar-refractivity contribution in [2.45, 2.75) is 20.4 Å². The van der Waals surface area contributed by atoms with Gasteiger partial charge in [-0.25, -0.2) is 9.78 Å². The highest BCUT2D eigenvalue weighted by atomic mass is 16.5. The first-order valence-electron chi connectivity index (χ1n) is 5.23. The van der Waals surface area contributed by atoms with Gasteiger partial charge in [0.05, 0.1) is 13.7 Å². The summed E-state index contributed by atoms with van der Waals surface area (Å²) in [5.41, 5.74) is 5.94. The molecule has 0 bridgehead atoms. The highest BCUT2D eigenvalue weighted by Gasteiger charge is 2.20. The van der Waals surface area contributed by atoms with Crippen LogP contribution in [0.3, 0.4) is 0 Å². The Kier molecular flexibility index (Phi) is 3.00. The van der Waals surface area contributed by atoms with Crippen molar-refractivity contribution in [3.63, 3.8) is 0 Å². The molecule has 0 saturated heterocycles. The second-order valence-corrected chi connectivity index (χ2v) is 3.70. The van der Waals surface area contributed by atoms with Gasteiger partial charge in [-0.15, -0.1) is 0 Å². The average molecular weight is 251 g/mol. The molecular formula is C10H13N5O3. The van der Waals surface area contributed by atoms with E-state index in [1.54, 1.807) is 18.4 Å². The molecule has 0 aromatic carbocycles. The van der Waals surface area contributed by atoms with E-state index in [0.717, 1.165) is 0 Å². The Morgan fingerprint density at radius 3 is 2.72 bits per heavy atom. The molecule has 18 heavy (non-hydrogen) atoms. The largest absolute Gasteiger partial charge is 0.464 e. The maximum absolute atomic E-state index is 11.4. The van der Waals surface area contributed by atoms with Crippen LogP contribution in [0.1, 0.15) is 28.0 Å². The second kappa shape index (κ2) is 4.47. The molecule has 0 fully saturated rings. The van der Waals surface area contributed by atoms with Gasteiger partial charge in [0.15, 0.2) is 11.5 Å². The van der Waals surface area contributed by atoms with Crippen LogP contribution in [-0.4, -0.2) is 32.8 Å². The third-order valence-corrected chi connectivity index (χ3v) is 2.45. The number of nitrogen functional groups attached to an aromatic ring is 1. The lowest BCUT2D eigenvalue weighted by molar-refractivity contribution is 0.0595. The van der Waals surface area contributed by atoms with Crippen LogP contribution in [0.4, 0.5) is 5.82 Å². The van der Waals surface area contributed by atoms with E-state index in [9.17, 15) is 4.79 Å². The molecule has 8 nitrogen and oxygen atoms in total. The number of hydrogen-bond acceptors (Lipinski definition) is 7. The maximum Gasteiger partial charge on any atom is 0.360 e. The van der Waals surface area contributed by atoms with E-state index in [1.165, 1.54) is 7.11 Å².